The number of halogens is 1. The summed E-state index contributed by atoms with van der Waals surface area (Å²) < 4.78 is 15.6. The fourth-order valence-electron chi connectivity index (χ4n) is 2.25. The largest absolute Gasteiger partial charge is 0.465 e. The molecule has 7 heteroatoms. The summed E-state index contributed by atoms with van der Waals surface area (Å²) in [5, 5.41) is 7.59. The molecular weight excluding hydrogens is 332 g/mol. The quantitative estimate of drug-likeness (QED) is 0.694. The number of rotatable bonds is 5. The Kier molecular flexibility index (Phi) is 4.57. The highest BCUT2D eigenvalue weighted by atomic mass is 35.5. The number of carbonyl (C=O) groups is 1. The molecule has 1 N–H and O–H groups in total. The molecule has 0 unspecified atom stereocenters. The predicted molar refractivity (Wildman–Crippen MR) is 89.1 cm³/mol. The minimum atomic E-state index is -0.542. The molecule has 0 aliphatic carbocycles. The van der Waals surface area contributed by atoms with Crippen molar-refractivity contribution in [1.29, 1.82) is 0 Å². The molecule has 0 saturated heterocycles. The maximum atomic E-state index is 12.2. The van der Waals surface area contributed by atoms with Gasteiger partial charge in [-0.15, -0.1) is 0 Å². The molecule has 0 bridgehead atoms. The Morgan fingerprint density at radius 3 is 2.62 bits per heavy atom. The van der Waals surface area contributed by atoms with Crippen LogP contribution in [0.3, 0.4) is 0 Å². The number of carbonyl (C=O) groups excluding carboxylic acids is 1. The van der Waals surface area contributed by atoms with Crippen molar-refractivity contribution >= 4 is 23.5 Å². The van der Waals surface area contributed by atoms with Crippen LogP contribution in [0.15, 0.2) is 45.3 Å². The Morgan fingerprint density at radius 2 is 2.00 bits per heavy atom. The maximum absolute atomic E-state index is 12.2. The van der Waals surface area contributed by atoms with Gasteiger partial charge < -0.3 is 19.0 Å². The summed E-state index contributed by atoms with van der Waals surface area (Å²) in [5.41, 5.74) is 1.31. The van der Waals surface area contributed by atoms with Crippen LogP contribution in [-0.2, 0) is 11.3 Å². The van der Waals surface area contributed by atoms with Crippen LogP contribution in [0, 0.1) is 6.92 Å². The average molecular weight is 347 g/mol. The van der Waals surface area contributed by atoms with E-state index in [0.717, 1.165) is 5.76 Å². The number of anilines is 1. The van der Waals surface area contributed by atoms with Crippen LogP contribution in [0.4, 0.5) is 5.88 Å². The first-order chi connectivity index (χ1) is 11.6. The van der Waals surface area contributed by atoms with Crippen LogP contribution >= 0.6 is 11.6 Å². The van der Waals surface area contributed by atoms with Gasteiger partial charge in [-0.3, -0.25) is 0 Å². The first kappa shape index (κ1) is 16.1. The smallest absolute Gasteiger partial charge is 0.345 e. The van der Waals surface area contributed by atoms with Gasteiger partial charge >= 0.3 is 5.97 Å². The lowest BCUT2D eigenvalue weighted by Crippen LogP contribution is -2.07. The van der Waals surface area contributed by atoms with E-state index in [4.69, 9.17) is 25.3 Å². The van der Waals surface area contributed by atoms with Crippen molar-refractivity contribution in [3.8, 4) is 11.3 Å². The molecule has 0 radical (unpaired) electrons. The van der Waals surface area contributed by atoms with Crippen LogP contribution in [0.1, 0.15) is 21.9 Å². The van der Waals surface area contributed by atoms with Gasteiger partial charge in [-0.1, -0.05) is 28.9 Å². The number of aryl methyl sites for hydroxylation is 1. The van der Waals surface area contributed by atoms with Gasteiger partial charge in [0.15, 0.2) is 5.56 Å². The topological polar surface area (TPSA) is 77.5 Å². The van der Waals surface area contributed by atoms with Crippen LogP contribution < -0.4 is 5.32 Å². The van der Waals surface area contributed by atoms with Crippen molar-refractivity contribution in [3.05, 3.63) is 58.5 Å². The van der Waals surface area contributed by atoms with Gasteiger partial charge in [0.05, 0.1) is 13.7 Å². The van der Waals surface area contributed by atoms with E-state index in [-0.39, 0.29) is 11.4 Å². The van der Waals surface area contributed by atoms with Gasteiger partial charge in [-0.2, -0.15) is 0 Å². The van der Waals surface area contributed by atoms with Crippen LogP contribution in [0.2, 0.25) is 5.02 Å². The summed E-state index contributed by atoms with van der Waals surface area (Å²) in [4.78, 5) is 12.2. The third-order valence-electron chi connectivity index (χ3n) is 3.42. The molecule has 0 spiro atoms. The Hall–Kier alpha value is -2.73. The van der Waals surface area contributed by atoms with E-state index in [9.17, 15) is 4.79 Å². The zero-order chi connectivity index (χ0) is 17.1. The number of esters is 1. The van der Waals surface area contributed by atoms with Gasteiger partial charge in [0.1, 0.15) is 17.2 Å². The van der Waals surface area contributed by atoms with Crippen LogP contribution in [0.25, 0.3) is 11.3 Å². The van der Waals surface area contributed by atoms with Gasteiger partial charge in [0, 0.05) is 10.6 Å². The Labute approximate surface area is 143 Å². The summed E-state index contributed by atoms with van der Waals surface area (Å²) in [6.07, 6.45) is 0. The molecule has 2 heterocycles. The highest BCUT2D eigenvalue weighted by Crippen LogP contribution is 2.30. The number of methoxy groups -OCH3 is 1. The molecule has 3 aromatic rings. The molecule has 0 aliphatic heterocycles. The standard InChI is InChI=1S/C17H15ClN2O4/c1-10-3-8-13(23-10)9-19-16-14(17(21)22-2)15(20-24-16)11-4-6-12(18)7-5-11/h3-8,19H,9H2,1-2H3. The number of ether oxygens (including phenoxy) is 1. The molecular formula is C17H15ClN2O4. The van der Waals surface area contributed by atoms with Crippen molar-refractivity contribution in [2.24, 2.45) is 0 Å². The van der Waals surface area contributed by atoms with E-state index in [1.54, 1.807) is 24.3 Å². The summed E-state index contributed by atoms with van der Waals surface area (Å²) >= 11 is 5.90. The van der Waals surface area contributed by atoms with Crippen LogP contribution in [-0.4, -0.2) is 18.2 Å². The fourth-order valence-corrected chi connectivity index (χ4v) is 2.38. The van der Waals surface area contributed by atoms with E-state index < -0.39 is 5.97 Å². The van der Waals surface area contributed by atoms with Crippen molar-refractivity contribution in [2.75, 3.05) is 12.4 Å². The predicted octanol–water partition coefficient (Wildman–Crippen LogP) is 4.30. The third kappa shape index (κ3) is 3.28. The zero-order valence-electron chi connectivity index (χ0n) is 13.1. The van der Waals surface area contributed by atoms with Crippen molar-refractivity contribution in [1.82, 2.24) is 5.16 Å². The zero-order valence-corrected chi connectivity index (χ0v) is 13.9. The number of hydrogen-bond acceptors (Lipinski definition) is 6. The fraction of sp³-hybridized carbons (Fsp3) is 0.176. The highest BCUT2D eigenvalue weighted by molar-refractivity contribution is 6.30. The molecule has 0 atom stereocenters. The first-order valence-corrected chi connectivity index (χ1v) is 7.59. The summed E-state index contributed by atoms with van der Waals surface area (Å²) in [7, 11) is 1.31. The molecule has 2 aromatic heterocycles. The second-order valence-electron chi connectivity index (χ2n) is 5.10. The average Bonchev–Trinajstić information content (AvgIpc) is 3.19. The van der Waals surface area contributed by atoms with Crippen LogP contribution in [0.5, 0.6) is 0 Å². The molecule has 3 rings (SSSR count). The van der Waals surface area contributed by atoms with E-state index in [2.05, 4.69) is 10.5 Å². The molecule has 0 fully saturated rings. The summed E-state index contributed by atoms with van der Waals surface area (Å²) in [6, 6.07) is 10.6. The number of nitrogens with one attached hydrogen (secondary N) is 1. The maximum Gasteiger partial charge on any atom is 0.345 e. The minimum absolute atomic E-state index is 0.223. The lowest BCUT2D eigenvalue weighted by atomic mass is 10.1. The van der Waals surface area contributed by atoms with Gasteiger partial charge in [0.2, 0.25) is 5.88 Å². The lowest BCUT2D eigenvalue weighted by molar-refractivity contribution is 0.0602. The molecule has 0 amide bonds. The molecule has 0 aliphatic rings. The van der Waals surface area contributed by atoms with Gasteiger partial charge in [0.25, 0.3) is 0 Å². The van der Waals surface area contributed by atoms with E-state index in [0.29, 0.717) is 28.6 Å². The molecule has 0 saturated carbocycles. The summed E-state index contributed by atoms with van der Waals surface area (Å²) in [6.45, 7) is 2.21. The van der Waals surface area contributed by atoms with Crippen molar-refractivity contribution < 1.29 is 18.5 Å². The molecule has 124 valence electrons. The summed E-state index contributed by atoms with van der Waals surface area (Å²) in [5.74, 6) is 1.20. The van der Waals surface area contributed by atoms with E-state index >= 15 is 0 Å². The monoisotopic (exact) mass is 346 g/mol. The minimum Gasteiger partial charge on any atom is -0.465 e. The SMILES string of the molecule is COC(=O)c1c(-c2ccc(Cl)cc2)noc1NCc1ccc(C)o1. The number of aromatic nitrogens is 1. The number of furan rings is 1. The second kappa shape index (κ2) is 6.80. The Morgan fingerprint density at radius 1 is 1.25 bits per heavy atom. The van der Waals surface area contributed by atoms with Gasteiger partial charge in [-0.25, -0.2) is 4.79 Å². The first-order valence-electron chi connectivity index (χ1n) is 7.21. The Balaban J connectivity index is 1.91. The van der Waals surface area contributed by atoms with Crippen molar-refractivity contribution in [2.45, 2.75) is 13.5 Å². The lowest BCUT2D eigenvalue weighted by Gasteiger charge is -2.04. The molecule has 1 aromatic carbocycles. The Bertz CT molecular complexity index is 852. The number of benzene rings is 1. The highest BCUT2D eigenvalue weighted by Gasteiger charge is 2.25. The van der Waals surface area contributed by atoms with Gasteiger partial charge in [-0.05, 0) is 31.2 Å². The van der Waals surface area contributed by atoms with Crippen molar-refractivity contribution in [3.63, 3.8) is 0 Å². The molecule has 6 nitrogen and oxygen atoms in total. The normalized spacial score (nSPS) is 10.6. The third-order valence-corrected chi connectivity index (χ3v) is 3.67. The number of hydrogen-bond donors (Lipinski definition) is 1. The van der Waals surface area contributed by atoms with E-state index in [1.165, 1.54) is 7.11 Å². The van der Waals surface area contributed by atoms with E-state index in [1.807, 2.05) is 19.1 Å². The molecule has 24 heavy (non-hydrogen) atoms. The number of nitrogens with zero attached hydrogens (tertiary/aromatic N) is 1. The second-order valence-corrected chi connectivity index (χ2v) is 5.54.